The number of likely N-dealkylation sites (tertiary alicyclic amines) is 1. The van der Waals surface area contributed by atoms with Gasteiger partial charge in [0.1, 0.15) is 0 Å². The van der Waals surface area contributed by atoms with Gasteiger partial charge in [-0.3, -0.25) is 4.90 Å². The quantitative estimate of drug-likeness (QED) is 0.936. The minimum absolute atomic E-state index is 0.136. The summed E-state index contributed by atoms with van der Waals surface area (Å²) < 4.78 is 0. The lowest BCUT2D eigenvalue weighted by Crippen LogP contribution is -2.44. The van der Waals surface area contributed by atoms with E-state index in [9.17, 15) is 5.11 Å². The van der Waals surface area contributed by atoms with Crippen molar-refractivity contribution in [3.8, 4) is 0 Å². The Morgan fingerprint density at radius 1 is 0.917 bits per heavy atom. The van der Waals surface area contributed by atoms with Crippen molar-refractivity contribution in [2.45, 2.75) is 38.5 Å². The molecular formula is C21H26N2O. The predicted octanol–water partition coefficient (Wildman–Crippen LogP) is 3.21. The summed E-state index contributed by atoms with van der Waals surface area (Å²) in [5.41, 5.74) is 5.25. The highest BCUT2D eigenvalue weighted by atomic mass is 16.3. The zero-order valence-corrected chi connectivity index (χ0v) is 14.2. The van der Waals surface area contributed by atoms with E-state index in [1.807, 2.05) is 0 Å². The molecule has 0 amide bonds. The Bertz CT molecular complexity index is 677. The number of hydrogen-bond acceptors (Lipinski definition) is 3. The van der Waals surface area contributed by atoms with Crippen molar-refractivity contribution in [2.24, 2.45) is 0 Å². The molecule has 4 rings (SSSR count). The van der Waals surface area contributed by atoms with Gasteiger partial charge in [-0.1, -0.05) is 42.5 Å². The summed E-state index contributed by atoms with van der Waals surface area (Å²) in [6.45, 7) is 4.68. The molecule has 1 N–H and O–H groups in total. The number of piperidine rings is 1. The maximum atomic E-state index is 9.42. The first-order chi connectivity index (χ1) is 11.8. The van der Waals surface area contributed by atoms with E-state index >= 15 is 0 Å². The Balaban J connectivity index is 1.39. The molecule has 0 bridgehead atoms. The van der Waals surface area contributed by atoms with Gasteiger partial charge in [-0.05, 0) is 42.0 Å². The van der Waals surface area contributed by atoms with Gasteiger partial charge in [0.05, 0.1) is 6.61 Å². The van der Waals surface area contributed by atoms with Crippen molar-refractivity contribution in [3.05, 3.63) is 65.2 Å². The third-order valence-corrected chi connectivity index (χ3v) is 5.51. The molecule has 0 spiro atoms. The highest BCUT2D eigenvalue weighted by molar-refractivity contribution is 5.60. The highest BCUT2D eigenvalue weighted by Crippen LogP contribution is 2.33. The molecule has 3 heteroatoms. The molecule has 1 fully saturated rings. The van der Waals surface area contributed by atoms with Gasteiger partial charge in [-0.2, -0.15) is 0 Å². The van der Waals surface area contributed by atoms with Gasteiger partial charge in [-0.15, -0.1) is 0 Å². The summed E-state index contributed by atoms with van der Waals surface area (Å²) in [6, 6.07) is 17.9. The average molecular weight is 322 g/mol. The van der Waals surface area contributed by atoms with Crippen LogP contribution in [0.4, 0.5) is 5.69 Å². The number of benzene rings is 2. The normalized spacial score (nSPS) is 18.8. The van der Waals surface area contributed by atoms with Crippen molar-refractivity contribution in [2.75, 3.05) is 24.5 Å². The summed E-state index contributed by atoms with van der Waals surface area (Å²) >= 11 is 0. The smallest absolute Gasteiger partial charge is 0.0682 e. The Labute approximate surface area is 144 Å². The van der Waals surface area contributed by atoms with E-state index in [-0.39, 0.29) is 6.61 Å². The lowest BCUT2D eigenvalue weighted by atomic mass is 10.0. The number of fused-ring (bicyclic) bond motifs is 1. The Hall–Kier alpha value is -1.84. The molecule has 0 unspecified atom stereocenters. The molecule has 2 aromatic carbocycles. The second kappa shape index (κ2) is 6.96. The number of nitrogens with zero attached hydrogens (tertiary/aromatic N) is 2. The Morgan fingerprint density at radius 3 is 2.46 bits per heavy atom. The summed E-state index contributed by atoms with van der Waals surface area (Å²) in [7, 11) is 0. The first kappa shape index (κ1) is 15.7. The maximum Gasteiger partial charge on any atom is 0.0682 e. The minimum Gasteiger partial charge on any atom is -0.392 e. The first-order valence-electron chi connectivity index (χ1n) is 9.09. The molecular weight excluding hydrogens is 296 g/mol. The van der Waals surface area contributed by atoms with E-state index in [1.54, 1.807) is 0 Å². The number of aliphatic hydroxyl groups is 1. The van der Waals surface area contributed by atoms with Gasteiger partial charge in [0, 0.05) is 37.9 Å². The van der Waals surface area contributed by atoms with Gasteiger partial charge in [0.25, 0.3) is 0 Å². The molecule has 2 aliphatic heterocycles. The van der Waals surface area contributed by atoms with E-state index < -0.39 is 0 Å². The first-order valence-corrected chi connectivity index (χ1v) is 9.09. The van der Waals surface area contributed by atoms with Crippen LogP contribution in [-0.2, 0) is 19.6 Å². The van der Waals surface area contributed by atoms with Gasteiger partial charge in [0.2, 0.25) is 0 Å². The lowest BCUT2D eigenvalue weighted by molar-refractivity contribution is 0.202. The van der Waals surface area contributed by atoms with Gasteiger partial charge < -0.3 is 10.0 Å². The third kappa shape index (κ3) is 3.19. The second-order valence-corrected chi connectivity index (χ2v) is 7.06. The molecule has 1 saturated heterocycles. The SMILES string of the molecule is OCc1ccc2c(c1)N(C1CCN(Cc3ccccc3)CC1)CC2. The van der Waals surface area contributed by atoms with E-state index in [0.717, 1.165) is 25.1 Å². The van der Waals surface area contributed by atoms with Gasteiger partial charge in [0.15, 0.2) is 0 Å². The minimum atomic E-state index is 0.136. The fourth-order valence-corrected chi connectivity index (χ4v) is 4.16. The van der Waals surface area contributed by atoms with Crippen LogP contribution in [0.2, 0.25) is 0 Å². The maximum absolute atomic E-state index is 9.42. The van der Waals surface area contributed by atoms with Gasteiger partial charge in [-0.25, -0.2) is 0 Å². The van der Waals surface area contributed by atoms with Crippen LogP contribution in [-0.4, -0.2) is 35.7 Å². The molecule has 0 atom stereocenters. The van der Waals surface area contributed by atoms with Crippen LogP contribution in [0.25, 0.3) is 0 Å². The van der Waals surface area contributed by atoms with Crippen LogP contribution in [0, 0.1) is 0 Å². The molecule has 2 aromatic rings. The molecule has 0 aromatic heterocycles. The third-order valence-electron chi connectivity index (χ3n) is 5.51. The van der Waals surface area contributed by atoms with Crippen molar-refractivity contribution in [1.82, 2.24) is 4.90 Å². The van der Waals surface area contributed by atoms with Crippen LogP contribution < -0.4 is 4.90 Å². The van der Waals surface area contributed by atoms with Crippen molar-refractivity contribution in [3.63, 3.8) is 0 Å². The Morgan fingerprint density at radius 2 is 1.71 bits per heavy atom. The van der Waals surface area contributed by atoms with Crippen LogP contribution in [0.3, 0.4) is 0 Å². The molecule has 3 nitrogen and oxygen atoms in total. The molecule has 0 aliphatic carbocycles. The zero-order valence-electron chi connectivity index (χ0n) is 14.2. The van der Waals surface area contributed by atoms with Crippen LogP contribution >= 0.6 is 0 Å². The molecule has 0 saturated carbocycles. The molecule has 0 radical (unpaired) electrons. The highest BCUT2D eigenvalue weighted by Gasteiger charge is 2.29. The topological polar surface area (TPSA) is 26.7 Å². The summed E-state index contributed by atoms with van der Waals surface area (Å²) in [4.78, 5) is 5.17. The number of rotatable bonds is 4. The number of anilines is 1. The number of hydrogen-bond donors (Lipinski definition) is 1. The van der Waals surface area contributed by atoms with Crippen molar-refractivity contribution >= 4 is 5.69 Å². The molecule has 24 heavy (non-hydrogen) atoms. The zero-order chi connectivity index (χ0) is 16.4. The van der Waals surface area contributed by atoms with Gasteiger partial charge >= 0.3 is 0 Å². The summed E-state index contributed by atoms with van der Waals surface area (Å²) in [5, 5.41) is 9.42. The average Bonchev–Trinajstić information content (AvgIpc) is 3.06. The standard InChI is InChI=1S/C21H26N2O/c24-16-18-6-7-19-8-13-23(21(19)14-18)20-9-11-22(12-10-20)15-17-4-2-1-3-5-17/h1-7,14,20,24H,8-13,15-16H2. The van der Waals surface area contributed by atoms with Crippen molar-refractivity contribution < 1.29 is 5.11 Å². The van der Waals surface area contributed by atoms with E-state index in [4.69, 9.17) is 0 Å². The largest absolute Gasteiger partial charge is 0.392 e. The monoisotopic (exact) mass is 322 g/mol. The second-order valence-electron chi connectivity index (χ2n) is 7.06. The fourth-order valence-electron chi connectivity index (χ4n) is 4.16. The van der Waals surface area contributed by atoms with E-state index in [0.29, 0.717) is 6.04 Å². The van der Waals surface area contributed by atoms with E-state index in [1.165, 1.54) is 42.7 Å². The molecule has 2 heterocycles. The van der Waals surface area contributed by atoms with Crippen LogP contribution in [0.1, 0.15) is 29.5 Å². The van der Waals surface area contributed by atoms with Crippen molar-refractivity contribution in [1.29, 1.82) is 0 Å². The predicted molar refractivity (Wildman–Crippen MR) is 98.2 cm³/mol. The van der Waals surface area contributed by atoms with Crippen LogP contribution in [0.15, 0.2) is 48.5 Å². The van der Waals surface area contributed by atoms with Crippen LogP contribution in [0.5, 0.6) is 0 Å². The fraction of sp³-hybridized carbons (Fsp3) is 0.429. The number of aliphatic hydroxyl groups excluding tert-OH is 1. The summed E-state index contributed by atoms with van der Waals surface area (Å²) in [5.74, 6) is 0. The Kier molecular flexibility index (Phi) is 4.54. The molecule has 2 aliphatic rings. The summed E-state index contributed by atoms with van der Waals surface area (Å²) in [6.07, 6.45) is 3.61. The lowest BCUT2D eigenvalue weighted by Gasteiger charge is -2.38. The molecule has 126 valence electrons. The van der Waals surface area contributed by atoms with E-state index in [2.05, 4.69) is 58.3 Å².